The van der Waals surface area contributed by atoms with Gasteiger partial charge in [0, 0.05) is 11.1 Å². The SMILES string of the molecule is COc1ccc(Cl)cc1C(=O)OCc1ccccc1[N+](=O)[O-]. The minimum absolute atomic E-state index is 0.103. The molecule has 0 saturated carbocycles. The van der Waals surface area contributed by atoms with Gasteiger partial charge >= 0.3 is 5.97 Å². The maximum absolute atomic E-state index is 12.1. The number of carbonyl (C=O) groups is 1. The number of carbonyl (C=O) groups excluding carboxylic acids is 1. The molecule has 6 nitrogen and oxygen atoms in total. The normalized spacial score (nSPS) is 10.1. The van der Waals surface area contributed by atoms with Crippen molar-refractivity contribution in [3.63, 3.8) is 0 Å². The number of ether oxygens (including phenoxy) is 2. The number of halogens is 1. The molecular weight excluding hydrogens is 310 g/mol. The molecule has 0 aromatic heterocycles. The predicted octanol–water partition coefficient (Wildman–Crippen LogP) is 3.61. The lowest BCUT2D eigenvalue weighted by Crippen LogP contribution is -2.08. The lowest BCUT2D eigenvalue weighted by molar-refractivity contribution is -0.385. The molecule has 0 aliphatic carbocycles. The summed E-state index contributed by atoms with van der Waals surface area (Å²) in [5.74, 6) is -0.352. The summed E-state index contributed by atoms with van der Waals surface area (Å²) in [7, 11) is 1.42. The monoisotopic (exact) mass is 321 g/mol. The molecule has 2 aromatic rings. The molecule has 2 rings (SSSR count). The van der Waals surface area contributed by atoms with Crippen LogP contribution in [-0.4, -0.2) is 18.0 Å². The lowest BCUT2D eigenvalue weighted by atomic mass is 10.2. The number of hydrogen-bond donors (Lipinski definition) is 0. The van der Waals surface area contributed by atoms with Crippen LogP contribution in [0.15, 0.2) is 42.5 Å². The van der Waals surface area contributed by atoms with Crippen molar-refractivity contribution in [1.29, 1.82) is 0 Å². The van der Waals surface area contributed by atoms with Gasteiger partial charge in [0.1, 0.15) is 17.9 Å². The van der Waals surface area contributed by atoms with Gasteiger partial charge in [-0.05, 0) is 24.3 Å². The average molecular weight is 322 g/mol. The molecule has 0 spiro atoms. The first-order valence-electron chi connectivity index (χ1n) is 6.26. The average Bonchev–Trinajstić information content (AvgIpc) is 2.52. The van der Waals surface area contributed by atoms with Crippen molar-refractivity contribution in [3.8, 4) is 5.75 Å². The van der Waals surface area contributed by atoms with Crippen LogP contribution in [0.2, 0.25) is 5.02 Å². The first-order chi connectivity index (χ1) is 10.5. The summed E-state index contributed by atoms with van der Waals surface area (Å²) < 4.78 is 10.2. The number of nitro benzene ring substituents is 1. The summed E-state index contributed by atoms with van der Waals surface area (Å²) in [6, 6.07) is 10.6. The smallest absolute Gasteiger partial charge is 0.342 e. The van der Waals surface area contributed by atoms with Gasteiger partial charge in [-0.2, -0.15) is 0 Å². The molecule has 2 aromatic carbocycles. The standard InChI is InChI=1S/C15H12ClNO5/c1-21-14-7-6-11(16)8-12(14)15(18)22-9-10-4-2-3-5-13(10)17(19)20/h2-8H,9H2,1H3. The molecule has 0 bridgehead atoms. The summed E-state index contributed by atoms with van der Waals surface area (Å²) in [6.45, 7) is -0.217. The predicted molar refractivity (Wildman–Crippen MR) is 80.2 cm³/mol. The molecular formula is C15H12ClNO5. The van der Waals surface area contributed by atoms with Gasteiger partial charge < -0.3 is 9.47 Å². The van der Waals surface area contributed by atoms with E-state index in [4.69, 9.17) is 21.1 Å². The molecule has 0 N–H and O–H groups in total. The molecule has 0 aliphatic heterocycles. The Morgan fingerprint density at radius 2 is 2.00 bits per heavy atom. The fourth-order valence-electron chi connectivity index (χ4n) is 1.87. The van der Waals surface area contributed by atoms with E-state index >= 15 is 0 Å². The van der Waals surface area contributed by atoms with Crippen LogP contribution in [0, 0.1) is 10.1 Å². The third-order valence-corrected chi connectivity index (χ3v) is 3.16. The van der Waals surface area contributed by atoms with Crippen molar-refractivity contribution in [2.45, 2.75) is 6.61 Å². The molecule has 0 fully saturated rings. The Balaban J connectivity index is 2.17. The highest BCUT2D eigenvalue weighted by atomic mass is 35.5. The Morgan fingerprint density at radius 1 is 1.27 bits per heavy atom. The van der Waals surface area contributed by atoms with Crippen LogP contribution in [0.1, 0.15) is 15.9 Å². The second-order valence-electron chi connectivity index (χ2n) is 4.31. The number of para-hydroxylation sites is 1. The zero-order valence-corrected chi connectivity index (χ0v) is 12.4. The quantitative estimate of drug-likeness (QED) is 0.477. The van der Waals surface area contributed by atoms with Crippen LogP contribution < -0.4 is 4.74 Å². The number of nitro groups is 1. The van der Waals surface area contributed by atoms with Crippen LogP contribution in [0.25, 0.3) is 0 Å². The van der Waals surface area contributed by atoms with Crippen LogP contribution in [0.5, 0.6) is 5.75 Å². The molecule has 22 heavy (non-hydrogen) atoms. The summed E-state index contributed by atoms with van der Waals surface area (Å²) in [4.78, 5) is 22.5. The van der Waals surface area contributed by atoms with E-state index in [1.165, 1.54) is 25.3 Å². The van der Waals surface area contributed by atoms with Crippen LogP contribution in [0.3, 0.4) is 0 Å². The zero-order valence-electron chi connectivity index (χ0n) is 11.6. The van der Waals surface area contributed by atoms with E-state index in [0.717, 1.165) is 0 Å². The second-order valence-corrected chi connectivity index (χ2v) is 4.74. The Hall–Kier alpha value is -2.60. The van der Waals surface area contributed by atoms with Crippen molar-refractivity contribution >= 4 is 23.3 Å². The molecule has 0 aliphatic rings. The summed E-state index contributed by atoms with van der Waals surface area (Å²) in [6.07, 6.45) is 0. The van der Waals surface area contributed by atoms with Gasteiger partial charge in [-0.15, -0.1) is 0 Å². The van der Waals surface area contributed by atoms with E-state index in [1.807, 2.05) is 0 Å². The minimum atomic E-state index is -0.669. The Morgan fingerprint density at radius 3 is 2.68 bits per heavy atom. The summed E-state index contributed by atoms with van der Waals surface area (Å²) in [5, 5.41) is 11.3. The van der Waals surface area contributed by atoms with Crippen molar-refractivity contribution < 1.29 is 19.2 Å². The van der Waals surface area contributed by atoms with Crippen molar-refractivity contribution in [3.05, 3.63) is 68.7 Å². The van der Waals surface area contributed by atoms with E-state index in [1.54, 1.807) is 24.3 Å². The highest BCUT2D eigenvalue weighted by molar-refractivity contribution is 6.31. The van der Waals surface area contributed by atoms with Crippen LogP contribution in [-0.2, 0) is 11.3 Å². The number of nitrogens with zero attached hydrogens (tertiary/aromatic N) is 1. The third kappa shape index (κ3) is 3.53. The van der Waals surface area contributed by atoms with Gasteiger partial charge in [0.25, 0.3) is 5.69 Å². The van der Waals surface area contributed by atoms with Crippen LogP contribution in [0.4, 0.5) is 5.69 Å². The van der Waals surface area contributed by atoms with Gasteiger partial charge in [-0.3, -0.25) is 10.1 Å². The number of esters is 1. The van der Waals surface area contributed by atoms with Gasteiger partial charge in [-0.25, -0.2) is 4.79 Å². The maximum atomic E-state index is 12.1. The number of hydrogen-bond acceptors (Lipinski definition) is 5. The molecule has 0 atom stereocenters. The third-order valence-electron chi connectivity index (χ3n) is 2.93. The topological polar surface area (TPSA) is 78.7 Å². The van der Waals surface area contributed by atoms with Gasteiger partial charge in [-0.1, -0.05) is 23.7 Å². The fraction of sp³-hybridized carbons (Fsp3) is 0.133. The molecule has 7 heteroatoms. The highest BCUT2D eigenvalue weighted by Crippen LogP contribution is 2.24. The minimum Gasteiger partial charge on any atom is -0.496 e. The molecule has 0 radical (unpaired) electrons. The summed E-state index contributed by atoms with van der Waals surface area (Å²) >= 11 is 5.85. The first kappa shape index (κ1) is 15.8. The zero-order chi connectivity index (χ0) is 16.1. The Bertz CT molecular complexity index is 717. The van der Waals surface area contributed by atoms with E-state index in [2.05, 4.69) is 0 Å². The molecule has 0 amide bonds. The summed E-state index contributed by atoms with van der Waals surface area (Å²) in [5.41, 5.74) is 0.365. The number of benzene rings is 2. The van der Waals surface area contributed by atoms with Crippen LogP contribution >= 0.6 is 11.6 Å². The lowest BCUT2D eigenvalue weighted by Gasteiger charge is -2.09. The maximum Gasteiger partial charge on any atom is 0.342 e. The van der Waals surface area contributed by atoms with E-state index in [-0.39, 0.29) is 17.9 Å². The molecule has 0 unspecified atom stereocenters. The number of methoxy groups -OCH3 is 1. The van der Waals surface area contributed by atoms with Gasteiger partial charge in [0.05, 0.1) is 17.6 Å². The van der Waals surface area contributed by atoms with Gasteiger partial charge in [0.15, 0.2) is 0 Å². The van der Waals surface area contributed by atoms with Crippen molar-refractivity contribution in [1.82, 2.24) is 0 Å². The molecule has 0 saturated heterocycles. The Kier molecular flexibility index (Phi) is 4.95. The van der Waals surface area contributed by atoms with E-state index < -0.39 is 10.9 Å². The number of rotatable bonds is 5. The highest BCUT2D eigenvalue weighted by Gasteiger charge is 2.17. The van der Waals surface area contributed by atoms with Crippen molar-refractivity contribution in [2.24, 2.45) is 0 Å². The fourth-order valence-corrected chi connectivity index (χ4v) is 2.04. The molecule has 114 valence electrons. The largest absolute Gasteiger partial charge is 0.496 e. The second kappa shape index (κ2) is 6.91. The van der Waals surface area contributed by atoms with E-state index in [0.29, 0.717) is 16.3 Å². The molecule has 0 heterocycles. The Labute approximate surface area is 131 Å². The van der Waals surface area contributed by atoms with Crippen molar-refractivity contribution in [2.75, 3.05) is 7.11 Å². The van der Waals surface area contributed by atoms with E-state index in [9.17, 15) is 14.9 Å². The first-order valence-corrected chi connectivity index (χ1v) is 6.63. The van der Waals surface area contributed by atoms with Gasteiger partial charge in [0.2, 0.25) is 0 Å².